The van der Waals surface area contributed by atoms with Crippen LogP contribution in [0, 0.1) is 0 Å². The normalized spacial score (nSPS) is 13.2. The van der Waals surface area contributed by atoms with Gasteiger partial charge in [-0.25, -0.2) is 0 Å². The second-order valence-electron chi connectivity index (χ2n) is 5.91. The summed E-state index contributed by atoms with van der Waals surface area (Å²) in [5.74, 6) is 0. The molecule has 9 heteroatoms. The fraction of sp³-hybridized carbons (Fsp3) is 1.00. The standard InChI is InChI=1S/C11H29O4Si5/c1-12-16-8-10-19(4,5)14-18(3)15-20(6,7)11-9-17-13-2/h8-11H2,1-7H3. The van der Waals surface area contributed by atoms with E-state index in [0.717, 1.165) is 24.2 Å². The van der Waals surface area contributed by atoms with E-state index in [4.69, 9.17) is 17.1 Å². The number of rotatable bonds is 12. The minimum atomic E-state index is -1.60. The SMILES string of the molecule is CO[Si]CC[Si](C)(C)O[Si](C)O[Si](C)(C)CC[Si]OC. The second kappa shape index (κ2) is 10.6. The van der Waals surface area contributed by atoms with E-state index in [1.54, 1.807) is 14.2 Å². The van der Waals surface area contributed by atoms with Crippen LogP contribution < -0.4 is 0 Å². The summed E-state index contributed by atoms with van der Waals surface area (Å²) in [6.07, 6.45) is 0. The molecule has 0 amide bonds. The Morgan fingerprint density at radius 2 is 1.15 bits per heavy atom. The van der Waals surface area contributed by atoms with Crippen LogP contribution >= 0.6 is 0 Å². The van der Waals surface area contributed by atoms with Crippen molar-refractivity contribution in [3.05, 3.63) is 0 Å². The topological polar surface area (TPSA) is 36.9 Å². The summed E-state index contributed by atoms with van der Waals surface area (Å²) in [6, 6.07) is 4.52. The predicted octanol–water partition coefficient (Wildman–Crippen LogP) is 2.92. The molecule has 0 fully saturated rings. The van der Waals surface area contributed by atoms with Crippen molar-refractivity contribution in [3.63, 3.8) is 0 Å². The van der Waals surface area contributed by atoms with Crippen LogP contribution in [0.25, 0.3) is 0 Å². The zero-order valence-electron chi connectivity index (χ0n) is 14.0. The van der Waals surface area contributed by atoms with Gasteiger partial charge in [0.1, 0.15) is 0 Å². The van der Waals surface area contributed by atoms with Crippen LogP contribution in [0.1, 0.15) is 0 Å². The van der Waals surface area contributed by atoms with Gasteiger partial charge in [-0.3, -0.25) is 0 Å². The molecular formula is C11H29O4Si5. The maximum Gasteiger partial charge on any atom is 0.359 e. The van der Waals surface area contributed by atoms with Gasteiger partial charge < -0.3 is 17.1 Å². The van der Waals surface area contributed by atoms with Crippen LogP contribution in [0.3, 0.4) is 0 Å². The monoisotopic (exact) mass is 365 g/mol. The van der Waals surface area contributed by atoms with Gasteiger partial charge in [0.2, 0.25) is 19.5 Å². The van der Waals surface area contributed by atoms with E-state index in [2.05, 4.69) is 32.7 Å². The summed E-state index contributed by atoms with van der Waals surface area (Å²) < 4.78 is 22.9. The highest BCUT2D eigenvalue weighted by Gasteiger charge is 2.31. The summed E-state index contributed by atoms with van der Waals surface area (Å²) >= 11 is 0. The van der Waals surface area contributed by atoms with Gasteiger partial charge in [0.05, 0.1) is 0 Å². The molecule has 0 unspecified atom stereocenters. The molecule has 0 atom stereocenters. The summed E-state index contributed by atoms with van der Waals surface area (Å²) in [4.78, 5) is 0. The molecule has 0 heterocycles. The molecule has 0 aromatic carbocycles. The Bertz CT molecular complexity index is 229. The molecule has 0 aromatic heterocycles. The lowest BCUT2D eigenvalue weighted by molar-refractivity contribution is 0.417. The smallest absolute Gasteiger partial charge is 0.359 e. The minimum Gasteiger partial charge on any atom is -0.436 e. The first-order valence-corrected chi connectivity index (χ1v) is 17.2. The minimum absolute atomic E-state index is 0.595. The van der Waals surface area contributed by atoms with Gasteiger partial charge in [-0.1, -0.05) is 0 Å². The summed E-state index contributed by atoms with van der Waals surface area (Å²) in [7, 11) is 0.401. The Balaban J connectivity index is 4.08. The summed E-state index contributed by atoms with van der Waals surface area (Å²) in [5.41, 5.74) is 0. The molecule has 0 bridgehead atoms. The molecule has 0 aliphatic heterocycles. The van der Waals surface area contributed by atoms with Crippen molar-refractivity contribution in [2.45, 2.75) is 56.9 Å². The Labute approximate surface area is 133 Å². The molecular weight excluding hydrogens is 337 g/mol. The zero-order valence-corrected chi connectivity index (χ0v) is 19.0. The molecule has 0 aliphatic carbocycles. The number of hydrogen-bond donors (Lipinski definition) is 0. The Morgan fingerprint density at radius 1 is 0.800 bits per heavy atom. The third kappa shape index (κ3) is 11.6. The van der Waals surface area contributed by atoms with E-state index < -0.39 is 25.9 Å². The van der Waals surface area contributed by atoms with E-state index in [0.29, 0.717) is 19.5 Å². The lowest BCUT2D eigenvalue weighted by Gasteiger charge is -2.31. The van der Waals surface area contributed by atoms with Crippen LogP contribution in [-0.2, 0) is 17.1 Å². The van der Waals surface area contributed by atoms with Crippen molar-refractivity contribution < 1.29 is 17.1 Å². The van der Waals surface area contributed by atoms with Crippen LogP contribution in [-0.4, -0.2) is 59.7 Å². The highest BCUT2D eigenvalue weighted by Crippen LogP contribution is 2.20. The predicted molar refractivity (Wildman–Crippen MR) is 93.5 cm³/mol. The fourth-order valence-corrected chi connectivity index (χ4v) is 15.4. The first-order valence-electron chi connectivity index (χ1n) is 6.96. The van der Waals surface area contributed by atoms with E-state index in [1.807, 2.05) is 0 Å². The first-order chi connectivity index (χ1) is 9.22. The Kier molecular flexibility index (Phi) is 11.1. The average Bonchev–Trinajstić information content (AvgIpc) is 2.27. The van der Waals surface area contributed by atoms with Crippen molar-refractivity contribution in [3.8, 4) is 0 Å². The van der Waals surface area contributed by atoms with Crippen molar-refractivity contribution in [2.75, 3.05) is 14.2 Å². The third-order valence-electron chi connectivity index (χ3n) is 2.79. The molecule has 20 heavy (non-hydrogen) atoms. The molecule has 0 saturated carbocycles. The van der Waals surface area contributed by atoms with Crippen molar-refractivity contribution in [1.29, 1.82) is 0 Å². The molecule has 0 N–H and O–H groups in total. The van der Waals surface area contributed by atoms with Gasteiger partial charge in [0, 0.05) is 14.2 Å². The van der Waals surface area contributed by atoms with Gasteiger partial charge in [-0.15, -0.1) is 0 Å². The lowest BCUT2D eigenvalue weighted by Crippen LogP contribution is -2.44. The van der Waals surface area contributed by atoms with Crippen LogP contribution in [0.5, 0.6) is 0 Å². The summed E-state index contributed by atoms with van der Waals surface area (Å²) in [6.45, 7) is 11.3. The molecule has 0 saturated heterocycles. The van der Waals surface area contributed by atoms with E-state index in [9.17, 15) is 0 Å². The maximum absolute atomic E-state index is 6.30. The molecule has 0 spiro atoms. The van der Waals surface area contributed by atoms with Crippen LogP contribution in [0.2, 0.25) is 56.9 Å². The quantitative estimate of drug-likeness (QED) is 0.393. The molecule has 117 valence electrons. The lowest BCUT2D eigenvalue weighted by atomic mass is 10.9. The van der Waals surface area contributed by atoms with Crippen LogP contribution in [0.4, 0.5) is 0 Å². The Morgan fingerprint density at radius 3 is 1.45 bits per heavy atom. The zero-order chi connectivity index (χ0) is 15.6. The second-order valence-corrected chi connectivity index (χ2v) is 19.0. The van der Waals surface area contributed by atoms with E-state index >= 15 is 0 Å². The Hall–Kier alpha value is 0.924. The highest BCUT2D eigenvalue weighted by molar-refractivity contribution is 6.82. The van der Waals surface area contributed by atoms with Gasteiger partial charge in [-0.2, -0.15) is 0 Å². The largest absolute Gasteiger partial charge is 0.436 e. The molecule has 4 nitrogen and oxygen atoms in total. The van der Waals surface area contributed by atoms with Crippen molar-refractivity contribution >= 4 is 45.4 Å². The molecule has 0 rings (SSSR count). The highest BCUT2D eigenvalue weighted by atomic mass is 28.4. The maximum atomic E-state index is 6.30. The van der Waals surface area contributed by atoms with Gasteiger partial charge in [0.15, 0.2) is 16.6 Å². The third-order valence-corrected chi connectivity index (χ3v) is 14.9. The first kappa shape index (κ1) is 20.9. The fourth-order valence-electron chi connectivity index (χ4n) is 1.81. The van der Waals surface area contributed by atoms with Gasteiger partial charge in [0.25, 0.3) is 0 Å². The summed E-state index contributed by atoms with van der Waals surface area (Å²) in [5, 5.41) is 0. The molecule has 0 aliphatic rings. The van der Waals surface area contributed by atoms with Gasteiger partial charge in [-0.05, 0) is 56.9 Å². The van der Waals surface area contributed by atoms with Crippen molar-refractivity contribution in [2.24, 2.45) is 0 Å². The molecule has 0 aromatic rings. The van der Waals surface area contributed by atoms with E-state index in [1.165, 1.54) is 0 Å². The van der Waals surface area contributed by atoms with E-state index in [-0.39, 0.29) is 0 Å². The van der Waals surface area contributed by atoms with Crippen molar-refractivity contribution in [1.82, 2.24) is 0 Å². The number of hydrogen-bond acceptors (Lipinski definition) is 4. The van der Waals surface area contributed by atoms with Crippen LogP contribution in [0.15, 0.2) is 0 Å². The van der Waals surface area contributed by atoms with Gasteiger partial charge >= 0.3 is 9.28 Å². The molecule has 5 radical (unpaired) electrons. The average molecular weight is 366 g/mol.